The monoisotopic (exact) mass is 547 g/mol. The van der Waals surface area contributed by atoms with E-state index < -0.39 is 11.7 Å². The molecule has 1 unspecified atom stereocenters. The molecule has 0 radical (unpaired) electrons. The number of nitrogens with two attached hydrogens (primary N) is 1. The van der Waals surface area contributed by atoms with Crippen molar-refractivity contribution in [2.75, 3.05) is 13.1 Å². The fourth-order valence-corrected chi connectivity index (χ4v) is 5.74. The van der Waals surface area contributed by atoms with Gasteiger partial charge in [-0.15, -0.1) is 0 Å². The zero-order valence-electron chi connectivity index (χ0n) is 23.1. The van der Waals surface area contributed by atoms with E-state index in [1.54, 1.807) is 12.1 Å². The maximum Gasteiger partial charge on any atom is 0.257 e. The Morgan fingerprint density at radius 1 is 1.10 bits per heavy atom. The molecular formula is C31H38FN5O3. The Morgan fingerprint density at radius 2 is 1.82 bits per heavy atom. The van der Waals surface area contributed by atoms with E-state index in [-0.39, 0.29) is 29.3 Å². The van der Waals surface area contributed by atoms with Crippen LogP contribution in [0, 0.1) is 5.82 Å². The number of aromatic hydroxyl groups is 1. The maximum atomic E-state index is 14.1. The van der Waals surface area contributed by atoms with E-state index in [1.807, 2.05) is 30.3 Å². The van der Waals surface area contributed by atoms with Gasteiger partial charge in [0.2, 0.25) is 5.88 Å². The number of benzene rings is 2. The molecule has 40 heavy (non-hydrogen) atoms. The summed E-state index contributed by atoms with van der Waals surface area (Å²) in [6.07, 6.45) is 4.28. The average Bonchev–Trinajstić information content (AvgIpc) is 2.92. The van der Waals surface area contributed by atoms with Crippen LogP contribution in [0.4, 0.5) is 4.39 Å². The van der Waals surface area contributed by atoms with Crippen LogP contribution in [0.25, 0.3) is 11.1 Å². The van der Waals surface area contributed by atoms with Crippen molar-refractivity contribution >= 4 is 5.91 Å². The van der Waals surface area contributed by atoms with E-state index in [4.69, 9.17) is 10.5 Å². The van der Waals surface area contributed by atoms with Gasteiger partial charge in [0.05, 0.1) is 6.20 Å². The number of hydrogen-bond donors (Lipinski definition) is 4. The van der Waals surface area contributed by atoms with Gasteiger partial charge in [-0.05, 0) is 74.9 Å². The van der Waals surface area contributed by atoms with Crippen molar-refractivity contribution in [3.8, 4) is 28.5 Å². The number of piperazine rings is 1. The Bertz CT molecular complexity index is 1330. The third kappa shape index (κ3) is 6.96. The molecule has 2 fully saturated rings. The molecule has 0 bridgehead atoms. The number of ether oxygens (including phenoxy) is 1. The normalized spacial score (nSPS) is 23.5. The van der Waals surface area contributed by atoms with Gasteiger partial charge in [-0.25, -0.2) is 9.37 Å². The molecule has 5 N–H and O–H groups in total. The molecule has 1 amide bonds. The lowest BCUT2D eigenvalue weighted by Crippen LogP contribution is -2.53. The van der Waals surface area contributed by atoms with E-state index in [1.165, 1.54) is 0 Å². The standard InChI is InChI=1S/C31H38FN5O3/c1-19-16-37(17-20(2)35-19)18-23-7-6-22(13-29(23)38)21-4-3-5-27(12-21)40-31-28(14-24(32)15-34-31)30(39)36-26-10-8-25(33)9-11-26/h3-7,12-15,19-20,25-26,35,38H,8-11,16-18,33H2,1-2H3,(H,36,39)/t19-,20?,25?,26?/m0/s1. The molecule has 1 aromatic heterocycles. The lowest BCUT2D eigenvalue weighted by molar-refractivity contribution is 0.0922. The van der Waals surface area contributed by atoms with Gasteiger partial charge in [-0.1, -0.05) is 24.3 Å². The average molecular weight is 548 g/mol. The van der Waals surface area contributed by atoms with Gasteiger partial charge < -0.3 is 26.2 Å². The summed E-state index contributed by atoms with van der Waals surface area (Å²) in [6.45, 7) is 6.88. The van der Waals surface area contributed by atoms with Crippen molar-refractivity contribution in [1.29, 1.82) is 0 Å². The second-order valence-corrected chi connectivity index (χ2v) is 11.2. The Balaban J connectivity index is 1.30. The van der Waals surface area contributed by atoms with Crippen LogP contribution in [0.5, 0.6) is 17.4 Å². The van der Waals surface area contributed by atoms with Crippen LogP contribution in [0.15, 0.2) is 54.7 Å². The van der Waals surface area contributed by atoms with E-state index in [0.717, 1.165) is 67.7 Å². The Morgan fingerprint density at radius 3 is 2.55 bits per heavy atom. The van der Waals surface area contributed by atoms with Crippen LogP contribution in [0.2, 0.25) is 0 Å². The van der Waals surface area contributed by atoms with Crippen LogP contribution in [0.1, 0.15) is 55.5 Å². The third-order valence-electron chi connectivity index (χ3n) is 7.66. The van der Waals surface area contributed by atoms with Gasteiger partial charge in [0.25, 0.3) is 5.91 Å². The number of amides is 1. The highest BCUT2D eigenvalue weighted by atomic mass is 19.1. The molecule has 2 heterocycles. The van der Waals surface area contributed by atoms with Gasteiger partial charge >= 0.3 is 0 Å². The van der Waals surface area contributed by atoms with Crippen LogP contribution in [-0.4, -0.2) is 58.2 Å². The van der Waals surface area contributed by atoms with Crippen LogP contribution < -0.4 is 21.1 Å². The molecule has 1 saturated carbocycles. The van der Waals surface area contributed by atoms with E-state index in [2.05, 4.69) is 34.4 Å². The second-order valence-electron chi connectivity index (χ2n) is 11.2. The molecule has 0 spiro atoms. The highest BCUT2D eigenvalue weighted by molar-refractivity contribution is 5.96. The molecule has 1 saturated heterocycles. The number of rotatable bonds is 7. The van der Waals surface area contributed by atoms with E-state index >= 15 is 0 Å². The fraction of sp³-hybridized carbons (Fsp3) is 0.419. The largest absolute Gasteiger partial charge is 0.508 e. The molecule has 8 nitrogen and oxygen atoms in total. The Hall–Kier alpha value is -3.53. The quantitative estimate of drug-likeness (QED) is 0.343. The van der Waals surface area contributed by atoms with Crippen LogP contribution in [-0.2, 0) is 6.54 Å². The number of halogens is 1. The molecule has 1 aliphatic carbocycles. The van der Waals surface area contributed by atoms with Gasteiger partial charge in [-0.3, -0.25) is 9.69 Å². The number of nitrogens with zero attached hydrogens (tertiary/aromatic N) is 2. The van der Waals surface area contributed by atoms with Crippen molar-refractivity contribution in [2.24, 2.45) is 5.73 Å². The summed E-state index contributed by atoms with van der Waals surface area (Å²) in [6, 6.07) is 15.1. The number of hydrogen-bond acceptors (Lipinski definition) is 7. The van der Waals surface area contributed by atoms with Crippen molar-refractivity contribution < 1.29 is 19.0 Å². The maximum absolute atomic E-state index is 14.1. The number of phenolic OH excluding ortho intramolecular Hbond substituents is 1. The summed E-state index contributed by atoms with van der Waals surface area (Å²) in [5.41, 5.74) is 8.55. The van der Waals surface area contributed by atoms with Crippen LogP contribution in [0.3, 0.4) is 0 Å². The molecule has 212 valence electrons. The molecular weight excluding hydrogens is 509 g/mol. The number of phenols is 1. The Labute approximate surface area is 234 Å². The van der Waals surface area contributed by atoms with E-state index in [0.29, 0.717) is 24.4 Å². The minimum absolute atomic E-state index is 0.0132. The second kappa shape index (κ2) is 12.3. The number of carbonyl (C=O) groups excluding carboxylic acids is 1. The van der Waals surface area contributed by atoms with Crippen molar-refractivity contribution in [3.63, 3.8) is 0 Å². The topological polar surface area (TPSA) is 113 Å². The summed E-state index contributed by atoms with van der Waals surface area (Å²) < 4.78 is 20.1. The first-order valence-corrected chi connectivity index (χ1v) is 14.0. The predicted octanol–water partition coefficient (Wildman–Crippen LogP) is 4.57. The number of aromatic nitrogens is 1. The van der Waals surface area contributed by atoms with Gasteiger partial charge in [0.1, 0.15) is 22.9 Å². The molecule has 2 aromatic carbocycles. The van der Waals surface area contributed by atoms with Crippen molar-refractivity contribution in [1.82, 2.24) is 20.5 Å². The first kappa shape index (κ1) is 28.0. The smallest absolute Gasteiger partial charge is 0.257 e. The number of pyridine rings is 1. The SMILES string of the molecule is CC1CN(Cc2ccc(-c3cccc(Oc4ncc(F)cc4C(=O)NC4CCC(N)CC4)c3)cc2O)C[C@H](C)N1. The molecule has 2 atom stereocenters. The van der Waals surface area contributed by atoms with Crippen molar-refractivity contribution in [3.05, 3.63) is 71.7 Å². The zero-order valence-corrected chi connectivity index (χ0v) is 23.1. The minimum Gasteiger partial charge on any atom is -0.508 e. The first-order chi connectivity index (χ1) is 19.2. The van der Waals surface area contributed by atoms with Crippen molar-refractivity contribution in [2.45, 2.75) is 70.2 Å². The highest BCUT2D eigenvalue weighted by Gasteiger charge is 2.24. The number of nitrogens with one attached hydrogen (secondary N) is 2. The lowest BCUT2D eigenvalue weighted by atomic mass is 9.91. The summed E-state index contributed by atoms with van der Waals surface area (Å²) in [7, 11) is 0. The summed E-state index contributed by atoms with van der Waals surface area (Å²) in [5.74, 6) is -0.321. The molecule has 9 heteroatoms. The summed E-state index contributed by atoms with van der Waals surface area (Å²) >= 11 is 0. The van der Waals surface area contributed by atoms with Gasteiger partial charge in [0.15, 0.2) is 0 Å². The predicted molar refractivity (Wildman–Crippen MR) is 153 cm³/mol. The summed E-state index contributed by atoms with van der Waals surface area (Å²) in [4.78, 5) is 19.4. The molecule has 5 rings (SSSR count). The van der Waals surface area contributed by atoms with Gasteiger partial charge in [-0.2, -0.15) is 0 Å². The molecule has 1 aliphatic heterocycles. The number of carbonyl (C=O) groups is 1. The molecule has 2 aliphatic rings. The highest BCUT2D eigenvalue weighted by Crippen LogP contribution is 2.32. The van der Waals surface area contributed by atoms with E-state index in [9.17, 15) is 14.3 Å². The lowest BCUT2D eigenvalue weighted by Gasteiger charge is -2.36. The van der Waals surface area contributed by atoms with Crippen LogP contribution >= 0.6 is 0 Å². The summed E-state index contributed by atoms with van der Waals surface area (Å²) in [5, 5.41) is 17.3. The Kier molecular flexibility index (Phi) is 8.63. The van der Waals surface area contributed by atoms with Gasteiger partial charge in [0, 0.05) is 49.4 Å². The fourth-order valence-electron chi connectivity index (χ4n) is 5.74. The zero-order chi connectivity index (χ0) is 28.2. The molecule has 3 aromatic rings. The minimum atomic E-state index is -0.614. The third-order valence-corrected chi connectivity index (χ3v) is 7.66. The first-order valence-electron chi connectivity index (χ1n) is 14.0.